The smallest absolute Gasteiger partial charge is 0.0405 e. The van der Waals surface area contributed by atoms with Gasteiger partial charge in [-0.1, -0.05) is 19.1 Å². The van der Waals surface area contributed by atoms with Gasteiger partial charge in [-0.15, -0.1) is 0 Å². The van der Waals surface area contributed by atoms with Crippen molar-refractivity contribution in [3.05, 3.63) is 28.8 Å². The van der Waals surface area contributed by atoms with E-state index >= 15 is 0 Å². The van der Waals surface area contributed by atoms with E-state index in [9.17, 15) is 0 Å². The zero-order valence-electron chi connectivity index (χ0n) is 8.98. The monoisotopic (exact) mass is 413 g/mol. The fourth-order valence-corrected chi connectivity index (χ4v) is 2.14. The molecule has 0 fully saturated rings. The number of hydrogen-bond acceptors (Lipinski definition) is 1. The zero-order valence-corrected chi connectivity index (χ0v) is 13.1. The van der Waals surface area contributed by atoms with Crippen molar-refractivity contribution in [2.75, 3.05) is 11.9 Å². The molecule has 0 saturated heterocycles. The second-order valence-corrected chi connectivity index (χ2v) is 3.77. The van der Waals surface area contributed by atoms with Gasteiger partial charge >= 0.3 is 0 Å². The third kappa shape index (κ3) is 2.18. The molecular formula is C12H17NU. The molecule has 0 atom stereocenters. The number of rotatable bonds is 1. The predicted molar refractivity (Wildman–Crippen MR) is 57.4 cm³/mol. The summed E-state index contributed by atoms with van der Waals surface area (Å²) in [6.45, 7) is 5.59. The molecule has 1 aliphatic heterocycles. The van der Waals surface area contributed by atoms with E-state index in [0.29, 0.717) is 0 Å². The molecule has 0 saturated carbocycles. The first-order chi connectivity index (χ1) is 6.33. The van der Waals surface area contributed by atoms with Crippen molar-refractivity contribution in [1.29, 1.82) is 0 Å². The van der Waals surface area contributed by atoms with Gasteiger partial charge in [-0.25, -0.2) is 0 Å². The average molecular weight is 413 g/mol. The van der Waals surface area contributed by atoms with Crippen molar-refractivity contribution in [3.63, 3.8) is 0 Å². The quantitative estimate of drug-likeness (QED) is 0.747. The van der Waals surface area contributed by atoms with Crippen LogP contribution in [0.1, 0.15) is 30.0 Å². The van der Waals surface area contributed by atoms with Gasteiger partial charge < -0.3 is 5.32 Å². The van der Waals surface area contributed by atoms with Crippen LogP contribution in [-0.4, -0.2) is 6.54 Å². The fourth-order valence-electron chi connectivity index (χ4n) is 2.14. The van der Waals surface area contributed by atoms with Gasteiger partial charge in [0.25, 0.3) is 0 Å². The SMILES string of the molecule is CCc1ccc2c(c1C)NCCC2.[U]. The molecule has 0 amide bonds. The molecule has 0 aliphatic carbocycles. The van der Waals surface area contributed by atoms with Crippen molar-refractivity contribution >= 4 is 5.69 Å². The molecule has 1 heterocycles. The fraction of sp³-hybridized carbons (Fsp3) is 0.500. The maximum atomic E-state index is 3.51. The molecule has 1 N–H and O–H groups in total. The summed E-state index contributed by atoms with van der Waals surface area (Å²) in [7, 11) is 0. The Labute approximate surface area is 110 Å². The van der Waals surface area contributed by atoms with Gasteiger partial charge in [0, 0.05) is 43.3 Å². The molecule has 1 aromatic carbocycles. The summed E-state index contributed by atoms with van der Waals surface area (Å²) in [5, 5.41) is 3.51. The largest absolute Gasteiger partial charge is 0.385 e. The van der Waals surface area contributed by atoms with Crippen LogP contribution >= 0.6 is 0 Å². The van der Waals surface area contributed by atoms with E-state index in [2.05, 4.69) is 31.3 Å². The Morgan fingerprint density at radius 3 is 2.86 bits per heavy atom. The Bertz CT molecular complexity index is 320. The molecule has 2 heteroatoms. The van der Waals surface area contributed by atoms with Gasteiger partial charge in [-0.3, -0.25) is 0 Å². The van der Waals surface area contributed by atoms with Crippen LogP contribution in [0.4, 0.5) is 5.69 Å². The minimum absolute atomic E-state index is 0. The van der Waals surface area contributed by atoms with Crippen LogP contribution in [0.15, 0.2) is 12.1 Å². The number of hydrogen-bond donors (Lipinski definition) is 1. The van der Waals surface area contributed by atoms with Gasteiger partial charge in [0.1, 0.15) is 0 Å². The van der Waals surface area contributed by atoms with E-state index in [1.165, 1.54) is 35.2 Å². The van der Waals surface area contributed by atoms with Crippen LogP contribution in [0.2, 0.25) is 0 Å². The topological polar surface area (TPSA) is 12.0 Å². The van der Waals surface area contributed by atoms with E-state index in [-0.39, 0.29) is 31.1 Å². The molecule has 14 heavy (non-hydrogen) atoms. The second-order valence-electron chi connectivity index (χ2n) is 3.77. The second kappa shape index (κ2) is 5.24. The molecule has 1 aliphatic rings. The summed E-state index contributed by atoms with van der Waals surface area (Å²) in [5.74, 6) is 0. The van der Waals surface area contributed by atoms with E-state index in [4.69, 9.17) is 0 Å². The van der Waals surface area contributed by atoms with Crippen LogP contribution in [-0.2, 0) is 12.8 Å². The Morgan fingerprint density at radius 1 is 1.36 bits per heavy atom. The Balaban J connectivity index is 0.000000980. The molecule has 1 aromatic rings. The molecule has 0 spiro atoms. The van der Waals surface area contributed by atoms with Gasteiger partial charge in [0.2, 0.25) is 0 Å². The summed E-state index contributed by atoms with van der Waals surface area (Å²) in [5.41, 5.74) is 5.85. The van der Waals surface area contributed by atoms with Crippen molar-refractivity contribution in [2.24, 2.45) is 0 Å². The molecule has 2 rings (SSSR count). The van der Waals surface area contributed by atoms with Crippen LogP contribution in [0.5, 0.6) is 0 Å². The summed E-state index contributed by atoms with van der Waals surface area (Å²) >= 11 is 0. The standard InChI is InChI=1S/C12H17N.U/c1-3-10-6-7-11-5-4-8-13-12(11)9(10)2;/h6-7,13H,3-5,8H2,1-2H3;. The summed E-state index contributed by atoms with van der Waals surface area (Å²) in [6.07, 6.45) is 3.66. The summed E-state index contributed by atoms with van der Waals surface area (Å²) in [4.78, 5) is 0. The third-order valence-electron chi connectivity index (χ3n) is 2.97. The summed E-state index contributed by atoms with van der Waals surface area (Å²) < 4.78 is 0. The molecule has 1 nitrogen and oxygen atoms in total. The van der Waals surface area contributed by atoms with Crippen molar-refractivity contribution < 1.29 is 31.1 Å². The van der Waals surface area contributed by atoms with Crippen molar-refractivity contribution in [2.45, 2.75) is 33.1 Å². The van der Waals surface area contributed by atoms with Crippen molar-refractivity contribution in [1.82, 2.24) is 0 Å². The van der Waals surface area contributed by atoms with Crippen LogP contribution in [0, 0.1) is 38.0 Å². The first-order valence-corrected chi connectivity index (χ1v) is 5.18. The average Bonchev–Trinajstić information content (AvgIpc) is 2.19. The number of anilines is 1. The molecule has 0 radical (unpaired) electrons. The van der Waals surface area contributed by atoms with Crippen LogP contribution in [0.25, 0.3) is 0 Å². The number of benzene rings is 1. The third-order valence-corrected chi connectivity index (χ3v) is 2.97. The first-order valence-electron chi connectivity index (χ1n) is 5.18. The first kappa shape index (κ1) is 12.1. The maximum absolute atomic E-state index is 3.51. The Hall–Kier alpha value is 0.0719. The van der Waals surface area contributed by atoms with Gasteiger partial charge in [-0.05, 0) is 42.9 Å². The molecule has 0 unspecified atom stereocenters. The molecule has 74 valence electrons. The number of aryl methyl sites for hydroxylation is 2. The van der Waals surface area contributed by atoms with Gasteiger partial charge in [0.05, 0.1) is 0 Å². The zero-order chi connectivity index (χ0) is 9.26. The Morgan fingerprint density at radius 2 is 2.14 bits per heavy atom. The van der Waals surface area contributed by atoms with E-state index in [0.717, 1.165) is 13.0 Å². The predicted octanol–water partition coefficient (Wildman–Crippen LogP) is 2.92. The molecular weight excluding hydrogens is 396 g/mol. The minimum Gasteiger partial charge on any atom is -0.385 e. The maximum Gasteiger partial charge on any atom is 0.0405 e. The van der Waals surface area contributed by atoms with E-state index in [1.54, 1.807) is 0 Å². The molecule has 0 aromatic heterocycles. The van der Waals surface area contributed by atoms with Crippen LogP contribution < -0.4 is 5.32 Å². The van der Waals surface area contributed by atoms with E-state index < -0.39 is 0 Å². The molecule has 0 bridgehead atoms. The van der Waals surface area contributed by atoms with Gasteiger partial charge in [-0.2, -0.15) is 0 Å². The van der Waals surface area contributed by atoms with Gasteiger partial charge in [0.15, 0.2) is 0 Å². The van der Waals surface area contributed by atoms with Crippen molar-refractivity contribution in [3.8, 4) is 0 Å². The Kier molecular flexibility index (Phi) is 4.54. The van der Waals surface area contributed by atoms with E-state index in [1.807, 2.05) is 0 Å². The summed E-state index contributed by atoms with van der Waals surface area (Å²) in [6, 6.07) is 4.56. The normalized spacial score (nSPS) is 13.9. The number of nitrogens with one attached hydrogen (secondary N) is 1. The minimum atomic E-state index is 0. The van der Waals surface area contributed by atoms with Crippen LogP contribution in [0.3, 0.4) is 0 Å². The number of fused-ring (bicyclic) bond motifs is 1.